The van der Waals surface area contributed by atoms with Gasteiger partial charge in [-0.25, -0.2) is 8.42 Å². The van der Waals surface area contributed by atoms with E-state index in [9.17, 15) is 23.1 Å². The van der Waals surface area contributed by atoms with Gasteiger partial charge in [0.05, 0.1) is 5.25 Å². The largest absolute Gasteiger partial charge is 0.480 e. The number of aromatic nitrogens is 1. The lowest BCUT2D eigenvalue weighted by atomic mass is 9.84. The third-order valence-electron chi connectivity index (χ3n) is 5.59. The van der Waals surface area contributed by atoms with Gasteiger partial charge in [0.25, 0.3) is 5.91 Å². The molecule has 2 aliphatic carbocycles. The third kappa shape index (κ3) is 4.39. The summed E-state index contributed by atoms with van der Waals surface area (Å²) in [4.78, 5) is 21.9. The number of primary amides is 1. The number of aliphatic carboxylic acids is 1. The molecule has 2 saturated carbocycles. The summed E-state index contributed by atoms with van der Waals surface area (Å²) >= 11 is 0. The number of amides is 1. The van der Waals surface area contributed by atoms with Crippen molar-refractivity contribution in [3.8, 4) is 0 Å². The van der Waals surface area contributed by atoms with Crippen molar-refractivity contribution in [3.05, 3.63) is 17.5 Å². The summed E-state index contributed by atoms with van der Waals surface area (Å²) in [7, 11) is -3.49. The SMILES string of the molecule is CC(C)(C)c1cc(C(N)=O)no1.O=C(O)C1(S(=O)(=O)C2CCCCC2)CCC1. The van der Waals surface area contributed by atoms with E-state index in [1.165, 1.54) is 0 Å². The number of carboxylic acids is 1. The highest BCUT2D eigenvalue weighted by molar-refractivity contribution is 7.94. The number of carbonyl (C=O) groups is 2. The predicted octanol–water partition coefficient (Wildman–Crippen LogP) is 2.81. The molecule has 1 heterocycles. The molecule has 0 saturated heterocycles. The predicted molar refractivity (Wildman–Crippen MR) is 104 cm³/mol. The molecule has 0 bridgehead atoms. The lowest BCUT2D eigenvalue weighted by Gasteiger charge is -2.40. The summed E-state index contributed by atoms with van der Waals surface area (Å²) in [5, 5.41) is 12.3. The Morgan fingerprint density at radius 3 is 2.07 bits per heavy atom. The van der Waals surface area contributed by atoms with Crippen LogP contribution >= 0.6 is 0 Å². The summed E-state index contributed by atoms with van der Waals surface area (Å²) in [6.07, 6.45) is 5.54. The Morgan fingerprint density at radius 2 is 1.75 bits per heavy atom. The summed E-state index contributed by atoms with van der Waals surface area (Å²) in [6.45, 7) is 5.91. The normalized spacial score (nSPS) is 19.8. The molecule has 158 valence electrons. The molecule has 2 fully saturated rings. The molecule has 28 heavy (non-hydrogen) atoms. The summed E-state index contributed by atoms with van der Waals surface area (Å²) < 4.78 is 28.2. The van der Waals surface area contributed by atoms with Gasteiger partial charge in [-0.15, -0.1) is 0 Å². The Labute approximate surface area is 165 Å². The highest BCUT2D eigenvalue weighted by atomic mass is 32.2. The maximum Gasteiger partial charge on any atom is 0.325 e. The first kappa shape index (κ1) is 22.4. The molecule has 0 atom stereocenters. The maximum atomic E-state index is 12.4. The van der Waals surface area contributed by atoms with Crippen LogP contribution in [-0.4, -0.2) is 40.6 Å². The highest BCUT2D eigenvalue weighted by Crippen LogP contribution is 2.44. The van der Waals surface area contributed by atoms with E-state index in [-0.39, 0.29) is 11.1 Å². The molecule has 9 heteroatoms. The number of hydrogen-bond donors (Lipinski definition) is 2. The molecular weight excluding hydrogens is 384 g/mol. The highest BCUT2D eigenvalue weighted by Gasteiger charge is 2.57. The first-order chi connectivity index (χ1) is 12.9. The Bertz CT molecular complexity index is 812. The van der Waals surface area contributed by atoms with Crippen molar-refractivity contribution in [1.29, 1.82) is 0 Å². The lowest BCUT2D eigenvalue weighted by molar-refractivity contribution is -0.142. The van der Waals surface area contributed by atoms with Crippen LogP contribution < -0.4 is 5.73 Å². The number of carboxylic acid groups (broad SMARTS) is 1. The van der Waals surface area contributed by atoms with Crippen molar-refractivity contribution in [1.82, 2.24) is 5.16 Å². The van der Waals surface area contributed by atoms with Crippen LogP contribution in [0.5, 0.6) is 0 Å². The van der Waals surface area contributed by atoms with E-state index >= 15 is 0 Å². The minimum Gasteiger partial charge on any atom is -0.480 e. The number of sulfone groups is 1. The molecule has 0 aliphatic heterocycles. The maximum absolute atomic E-state index is 12.4. The Morgan fingerprint density at radius 1 is 1.18 bits per heavy atom. The quantitative estimate of drug-likeness (QED) is 0.771. The number of rotatable bonds is 4. The monoisotopic (exact) mass is 414 g/mol. The molecule has 8 nitrogen and oxygen atoms in total. The van der Waals surface area contributed by atoms with Gasteiger partial charge in [-0.1, -0.05) is 45.2 Å². The second-order valence-electron chi connectivity index (χ2n) is 8.65. The van der Waals surface area contributed by atoms with Crippen LogP contribution in [0, 0.1) is 0 Å². The smallest absolute Gasteiger partial charge is 0.325 e. The molecule has 3 N–H and O–H groups in total. The summed E-state index contributed by atoms with van der Waals surface area (Å²) in [6, 6.07) is 1.57. The average molecular weight is 415 g/mol. The van der Waals surface area contributed by atoms with Crippen LogP contribution in [0.15, 0.2) is 10.6 Å². The molecule has 2 aliphatic rings. The van der Waals surface area contributed by atoms with Gasteiger partial charge in [-0.2, -0.15) is 0 Å². The fraction of sp³-hybridized carbons (Fsp3) is 0.737. The number of hydrogen-bond acceptors (Lipinski definition) is 6. The van der Waals surface area contributed by atoms with Crippen molar-refractivity contribution < 1.29 is 27.6 Å². The van der Waals surface area contributed by atoms with E-state index in [4.69, 9.17) is 10.3 Å². The third-order valence-corrected chi connectivity index (χ3v) is 8.61. The van der Waals surface area contributed by atoms with E-state index < -0.39 is 31.7 Å². The van der Waals surface area contributed by atoms with Gasteiger partial charge in [-0.3, -0.25) is 9.59 Å². The zero-order valence-electron chi connectivity index (χ0n) is 16.7. The fourth-order valence-electron chi connectivity index (χ4n) is 3.56. The Balaban J connectivity index is 0.000000209. The van der Waals surface area contributed by atoms with Crippen molar-refractivity contribution in [2.45, 2.75) is 87.5 Å². The molecule has 0 unspecified atom stereocenters. The zero-order valence-corrected chi connectivity index (χ0v) is 17.5. The van der Waals surface area contributed by atoms with Gasteiger partial charge >= 0.3 is 5.97 Å². The van der Waals surface area contributed by atoms with Crippen molar-refractivity contribution in [2.24, 2.45) is 5.73 Å². The van der Waals surface area contributed by atoms with Crippen LogP contribution in [0.3, 0.4) is 0 Å². The molecule has 0 spiro atoms. The minimum absolute atomic E-state index is 0.138. The molecule has 3 rings (SSSR count). The first-order valence-corrected chi connectivity index (χ1v) is 11.2. The van der Waals surface area contributed by atoms with Crippen LogP contribution in [-0.2, 0) is 20.0 Å². The van der Waals surface area contributed by atoms with Gasteiger partial charge in [0.1, 0.15) is 5.76 Å². The Kier molecular flexibility index (Phi) is 6.58. The van der Waals surface area contributed by atoms with E-state index in [0.717, 1.165) is 25.7 Å². The number of nitrogens with zero attached hydrogens (tertiary/aromatic N) is 1. The molecule has 1 aromatic heterocycles. The van der Waals surface area contributed by atoms with Gasteiger partial charge in [0.15, 0.2) is 20.3 Å². The van der Waals surface area contributed by atoms with Gasteiger partial charge in [0.2, 0.25) is 0 Å². The van der Waals surface area contributed by atoms with Crippen molar-refractivity contribution >= 4 is 21.7 Å². The Hall–Kier alpha value is -1.90. The van der Waals surface area contributed by atoms with Gasteiger partial charge in [0, 0.05) is 11.5 Å². The lowest BCUT2D eigenvalue weighted by Crippen LogP contribution is -2.55. The van der Waals surface area contributed by atoms with E-state index in [0.29, 0.717) is 31.4 Å². The van der Waals surface area contributed by atoms with Crippen LogP contribution in [0.25, 0.3) is 0 Å². The number of nitrogens with two attached hydrogens (primary N) is 1. The molecule has 0 aromatic carbocycles. The topological polar surface area (TPSA) is 141 Å². The molecule has 0 radical (unpaired) electrons. The molecular formula is C19H30N2O6S. The minimum atomic E-state index is -3.49. The van der Waals surface area contributed by atoms with Crippen molar-refractivity contribution in [2.75, 3.05) is 0 Å². The van der Waals surface area contributed by atoms with E-state index in [2.05, 4.69) is 5.16 Å². The van der Waals surface area contributed by atoms with Crippen LogP contribution in [0.1, 0.15) is 88.4 Å². The van der Waals surface area contributed by atoms with Crippen molar-refractivity contribution in [3.63, 3.8) is 0 Å². The zero-order chi connectivity index (χ0) is 21.2. The summed E-state index contributed by atoms with van der Waals surface area (Å²) in [5.74, 6) is -1.03. The average Bonchev–Trinajstić information content (AvgIpc) is 3.05. The second kappa shape index (κ2) is 8.23. The molecule has 1 amide bonds. The fourth-order valence-corrected chi connectivity index (χ4v) is 6.25. The summed E-state index contributed by atoms with van der Waals surface area (Å²) in [5.41, 5.74) is 5.05. The van der Waals surface area contributed by atoms with Crippen LogP contribution in [0.2, 0.25) is 0 Å². The van der Waals surface area contributed by atoms with Gasteiger partial charge in [-0.05, 0) is 32.1 Å². The van der Waals surface area contributed by atoms with E-state index in [1.54, 1.807) is 6.07 Å². The van der Waals surface area contributed by atoms with Gasteiger partial charge < -0.3 is 15.4 Å². The molecule has 1 aromatic rings. The second-order valence-corrected chi connectivity index (χ2v) is 11.2. The number of carbonyl (C=O) groups excluding carboxylic acids is 1. The van der Waals surface area contributed by atoms with Crippen LogP contribution in [0.4, 0.5) is 0 Å². The standard InChI is InChI=1S/C11H18O4S.C8H12N2O2/c12-10(13)11(7-4-8-11)16(14,15)9-5-2-1-3-6-9;1-8(2,3)6-4-5(7(9)11)10-12-6/h9H,1-8H2,(H,12,13);4H,1-3H3,(H2,9,11). The van der Waals surface area contributed by atoms with E-state index in [1.807, 2.05) is 20.8 Å². The first-order valence-electron chi connectivity index (χ1n) is 9.65.